The van der Waals surface area contributed by atoms with Crippen molar-refractivity contribution in [3.05, 3.63) is 30.3 Å². The van der Waals surface area contributed by atoms with E-state index in [2.05, 4.69) is 56.6 Å². The average molecular weight is 360 g/mol. The van der Waals surface area contributed by atoms with E-state index in [4.69, 9.17) is 0 Å². The van der Waals surface area contributed by atoms with E-state index in [0.29, 0.717) is 13.1 Å². The van der Waals surface area contributed by atoms with Crippen molar-refractivity contribution in [2.45, 2.75) is 27.7 Å². The number of carbonyl (C=O) groups excluding carboxylic acids is 1. The predicted octanol–water partition coefficient (Wildman–Crippen LogP) is 1.94. The highest BCUT2D eigenvalue weighted by Gasteiger charge is 2.21. The smallest absolute Gasteiger partial charge is 0.225 e. The van der Waals surface area contributed by atoms with Crippen molar-refractivity contribution in [3.8, 4) is 0 Å². The lowest BCUT2D eigenvalue weighted by Crippen LogP contribution is -2.52. The molecule has 1 aliphatic heterocycles. The zero-order chi connectivity index (χ0) is 19.0. The fourth-order valence-corrected chi connectivity index (χ4v) is 2.84. The number of nitrogens with zero attached hydrogens (tertiary/aromatic N) is 3. The largest absolute Gasteiger partial charge is 0.368 e. The first kappa shape index (κ1) is 20.1. The minimum absolute atomic E-state index is 0.0641. The number of guanidine groups is 1. The van der Waals surface area contributed by atoms with E-state index in [-0.39, 0.29) is 11.3 Å². The van der Waals surface area contributed by atoms with Crippen molar-refractivity contribution in [1.29, 1.82) is 0 Å². The molecule has 0 saturated carbocycles. The summed E-state index contributed by atoms with van der Waals surface area (Å²) in [5.74, 6) is 0.999. The lowest BCUT2D eigenvalue weighted by Gasteiger charge is -2.37. The molecule has 2 N–H and O–H groups in total. The Kier molecular flexibility index (Phi) is 7.30. The fourth-order valence-electron chi connectivity index (χ4n) is 2.84. The Morgan fingerprint density at radius 2 is 1.73 bits per heavy atom. The third kappa shape index (κ3) is 5.93. The summed E-state index contributed by atoms with van der Waals surface area (Å²) in [6, 6.07) is 10.5. The van der Waals surface area contributed by atoms with E-state index >= 15 is 0 Å². The first-order chi connectivity index (χ1) is 12.4. The number of hydrogen-bond acceptors (Lipinski definition) is 3. The molecule has 0 radical (unpaired) electrons. The van der Waals surface area contributed by atoms with Crippen LogP contribution in [0.25, 0.3) is 0 Å². The van der Waals surface area contributed by atoms with Gasteiger partial charge in [-0.1, -0.05) is 39.0 Å². The summed E-state index contributed by atoms with van der Waals surface area (Å²) < 4.78 is 0. The van der Waals surface area contributed by atoms with Crippen LogP contribution >= 0.6 is 0 Å². The lowest BCUT2D eigenvalue weighted by molar-refractivity contribution is -0.128. The maximum Gasteiger partial charge on any atom is 0.225 e. The number of benzene rings is 1. The van der Waals surface area contributed by atoms with Gasteiger partial charge in [0.05, 0.1) is 6.54 Å². The van der Waals surface area contributed by atoms with Gasteiger partial charge in [-0.05, 0) is 19.1 Å². The Bertz CT molecular complexity index is 586. The maximum absolute atomic E-state index is 11.9. The Balaban J connectivity index is 1.84. The van der Waals surface area contributed by atoms with Crippen LogP contribution in [0.4, 0.5) is 5.69 Å². The third-order valence-corrected chi connectivity index (χ3v) is 4.38. The Morgan fingerprint density at radius 1 is 1.08 bits per heavy atom. The standard InChI is InChI=1S/C20H33N5O/c1-5-21-19(23-12-11-22-18(26)20(2,3)4)25-15-13-24(14-16-25)17-9-7-6-8-10-17/h6-10H,5,11-16H2,1-4H3,(H,21,23)(H,22,26). The van der Waals surface area contributed by atoms with Crippen LogP contribution in [0.5, 0.6) is 0 Å². The van der Waals surface area contributed by atoms with Crippen LogP contribution in [0.1, 0.15) is 27.7 Å². The number of hydrogen-bond donors (Lipinski definition) is 2. The van der Waals surface area contributed by atoms with Gasteiger partial charge >= 0.3 is 0 Å². The highest BCUT2D eigenvalue weighted by Crippen LogP contribution is 2.15. The van der Waals surface area contributed by atoms with E-state index in [0.717, 1.165) is 38.7 Å². The van der Waals surface area contributed by atoms with Gasteiger partial charge in [0.15, 0.2) is 5.96 Å². The van der Waals surface area contributed by atoms with E-state index < -0.39 is 0 Å². The van der Waals surface area contributed by atoms with Gasteiger partial charge in [0.25, 0.3) is 0 Å². The first-order valence-electron chi connectivity index (χ1n) is 9.53. The van der Waals surface area contributed by atoms with E-state index in [1.807, 2.05) is 26.8 Å². The molecule has 6 nitrogen and oxygen atoms in total. The fraction of sp³-hybridized carbons (Fsp3) is 0.600. The molecule has 1 heterocycles. The number of carbonyl (C=O) groups is 1. The highest BCUT2D eigenvalue weighted by molar-refractivity contribution is 5.82. The monoisotopic (exact) mass is 359 g/mol. The average Bonchev–Trinajstić information content (AvgIpc) is 2.64. The molecular weight excluding hydrogens is 326 g/mol. The van der Waals surface area contributed by atoms with E-state index in [9.17, 15) is 4.79 Å². The van der Waals surface area contributed by atoms with Gasteiger partial charge in [0.2, 0.25) is 5.91 Å². The van der Waals surface area contributed by atoms with Crippen LogP contribution in [0.15, 0.2) is 35.3 Å². The molecule has 0 bridgehead atoms. The van der Waals surface area contributed by atoms with E-state index in [1.165, 1.54) is 5.69 Å². The second-order valence-electron chi connectivity index (χ2n) is 7.55. The summed E-state index contributed by atoms with van der Waals surface area (Å²) in [6.45, 7) is 13.7. The maximum atomic E-state index is 11.9. The van der Waals surface area contributed by atoms with Gasteiger partial charge in [0, 0.05) is 50.4 Å². The molecule has 1 aliphatic rings. The van der Waals surface area contributed by atoms with Gasteiger partial charge < -0.3 is 20.4 Å². The van der Waals surface area contributed by atoms with Crippen molar-refractivity contribution in [3.63, 3.8) is 0 Å². The first-order valence-corrected chi connectivity index (χ1v) is 9.53. The molecule has 0 spiro atoms. The van der Waals surface area contributed by atoms with Crippen molar-refractivity contribution < 1.29 is 4.79 Å². The zero-order valence-corrected chi connectivity index (χ0v) is 16.6. The molecule has 1 saturated heterocycles. The molecule has 0 unspecified atom stereocenters. The van der Waals surface area contributed by atoms with E-state index in [1.54, 1.807) is 0 Å². The van der Waals surface area contributed by atoms with Crippen LogP contribution in [-0.2, 0) is 4.79 Å². The topological polar surface area (TPSA) is 60.0 Å². The van der Waals surface area contributed by atoms with Crippen LogP contribution in [0.2, 0.25) is 0 Å². The third-order valence-electron chi connectivity index (χ3n) is 4.38. The van der Waals surface area contributed by atoms with Gasteiger partial charge in [-0.2, -0.15) is 0 Å². The molecule has 1 fully saturated rings. The minimum Gasteiger partial charge on any atom is -0.368 e. The van der Waals surface area contributed by atoms with Crippen LogP contribution in [0.3, 0.4) is 0 Å². The SMILES string of the molecule is CCNC(=NCCNC(=O)C(C)(C)C)N1CCN(c2ccccc2)CC1. The number of para-hydroxylation sites is 1. The second kappa shape index (κ2) is 9.46. The van der Waals surface area contributed by atoms with Crippen molar-refractivity contribution in [1.82, 2.24) is 15.5 Å². The predicted molar refractivity (Wildman–Crippen MR) is 109 cm³/mol. The number of amides is 1. The van der Waals surface area contributed by atoms with Gasteiger partial charge in [-0.25, -0.2) is 0 Å². The van der Waals surface area contributed by atoms with Gasteiger partial charge in [-0.15, -0.1) is 0 Å². The molecule has 6 heteroatoms. The molecule has 0 aromatic heterocycles. The van der Waals surface area contributed by atoms with Crippen molar-refractivity contribution >= 4 is 17.6 Å². The van der Waals surface area contributed by atoms with Crippen molar-refractivity contribution in [2.24, 2.45) is 10.4 Å². The number of piperazine rings is 1. The van der Waals surface area contributed by atoms with Crippen LogP contribution in [-0.4, -0.2) is 62.6 Å². The number of rotatable bonds is 5. The molecule has 0 aliphatic carbocycles. The summed E-state index contributed by atoms with van der Waals surface area (Å²) in [6.07, 6.45) is 0. The van der Waals surface area contributed by atoms with Crippen molar-refractivity contribution in [2.75, 3.05) is 50.7 Å². The quantitative estimate of drug-likeness (QED) is 0.479. The molecule has 26 heavy (non-hydrogen) atoms. The summed E-state index contributed by atoms with van der Waals surface area (Å²) in [4.78, 5) is 21.3. The minimum atomic E-state index is -0.359. The van der Waals surface area contributed by atoms with Gasteiger partial charge in [0.1, 0.15) is 0 Å². The Morgan fingerprint density at radius 3 is 2.31 bits per heavy atom. The second-order valence-corrected chi connectivity index (χ2v) is 7.55. The summed E-state index contributed by atoms with van der Waals surface area (Å²) in [5.41, 5.74) is 0.918. The molecule has 144 valence electrons. The Hall–Kier alpha value is -2.24. The lowest BCUT2D eigenvalue weighted by atomic mass is 9.96. The summed E-state index contributed by atoms with van der Waals surface area (Å²) in [5, 5.41) is 6.32. The van der Waals surface area contributed by atoms with Gasteiger partial charge in [-0.3, -0.25) is 9.79 Å². The summed E-state index contributed by atoms with van der Waals surface area (Å²) >= 11 is 0. The van der Waals surface area contributed by atoms with Crippen LogP contribution < -0.4 is 15.5 Å². The Labute approximate surface area is 157 Å². The zero-order valence-electron chi connectivity index (χ0n) is 16.6. The number of aliphatic imine (C=N–C) groups is 1. The molecule has 0 atom stereocenters. The van der Waals surface area contributed by atoms with Crippen LogP contribution in [0, 0.1) is 5.41 Å². The molecule has 2 rings (SSSR count). The normalized spacial score (nSPS) is 15.8. The number of nitrogens with one attached hydrogen (secondary N) is 2. The summed E-state index contributed by atoms with van der Waals surface area (Å²) in [7, 11) is 0. The molecule has 1 aromatic carbocycles. The molecular formula is C20H33N5O. The molecule has 1 aromatic rings. The highest BCUT2D eigenvalue weighted by atomic mass is 16.2. The molecule has 1 amide bonds. The number of anilines is 1.